The number of nitrogens with zero attached hydrogens (tertiary/aromatic N) is 4. The largest absolute Gasteiger partial charge is 0.480 e. The highest BCUT2D eigenvalue weighted by Gasteiger charge is 2.27. The summed E-state index contributed by atoms with van der Waals surface area (Å²) in [6, 6.07) is 3.97. The number of amides is 1. The number of hydrogen-bond acceptors (Lipinski definition) is 4. The van der Waals surface area contributed by atoms with Crippen LogP contribution < -0.4 is 4.74 Å². The van der Waals surface area contributed by atoms with Crippen LogP contribution in [0.2, 0.25) is 0 Å². The van der Waals surface area contributed by atoms with E-state index in [1.54, 1.807) is 7.11 Å². The SMILES string of the molecule is COc1nc2c(cc1C(=O)N1CCC(CCn3cccn3)CC1)CCC2. The zero-order valence-corrected chi connectivity index (χ0v) is 15.4. The van der Waals surface area contributed by atoms with Crippen LogP contribution in [0.4, 0.5) is 0 Å². The van der Waals surface area contributed by atoms with Gasteiger partial charge in [0, 0.05) is 37.7 Å². The molecule has 0 spiro atoms. The molecule has 0 N–H and O–H groups in total. The predicted octanol–water partition coefficient (Wildman–Crippen LogP) is 2.72. The first-order valence-electron chi connectivity index (χ1n) is 9.58. The van der Waals surface area contributed by atoms with Crippen molar-refractivity contribution in [2.24, 2.45) is 5.92 Å². The molecule has 1 saturated heterocycles. The maximum absolute atomic E-state index is 13.0. The van der Waals surface area contributed by atoms with Crippen LogP contribution in [0.25, 0.3) is 0 Å². The van der Waals surface area contributed by atoms with Gasteiger partial charge in [-0.15, -0.1) is 0 Å². The molecule has 2 aliphatic rings. The lowest BCUT2D eigenvalue weighted by atomic mass is 9.93. The quantitative estimate of drug-likeness (QED) is 0.828. The van der Waals surface area contributed by atoms with Crippen molar-refractivity contribution in [2.75, 3.05) is 20.2 Å². The molecule has 1 aliphatic heterocycles. The van der Waals surface area contributed by atoms with Gasteiger partial charge in [0.2, 0.25) is 5.88 Å². The minimum Gasteiger partial charge on any atom is -0.480 e. The number of carbonyl (C=O) groups excluding carboxylic acids is 1. The van der Waals surface area contributed by atoms with Crippen LogP contribution in [-0.2, 0) is 19.4 Å². The Bertz CT molecular complexity index is 764. The molecule has 1 fully saturated rings. The molecule has 0 radical (unpaired) electrons. The molecule has 2 aromatic rings. The van der Waals surface area contributed by atoms with Gasteiger partial charge in [0.25, 0.3) is 5.91 Å². The Morgan fingerprint density at radius 3 is 2.88 bits per heavy atom. The molecular weight excluding hydrogens is 328 g/mol. The first kappa shape index (κ1) is 17.1. The number of aromatic nitrogens is 3. The Morgan fingerprint density at radius 1 is 1.31 bits per heavy atom. The molecule has 0 atom stereocenters. The number of likely N-dealkylation sites (tertiary alicyclic amines) is 1. The van der Waals surface area contributed by atoms with Crippen molar-refractivity contribution in [3.05, 3.63) is 41.3 Å². The molecule has 0 bridgehead atoms. The molecule has 0 saturated carbocycles. The second-order valence-corrected chi connectivity index (χ2v) is 7.30. The van der Waals surface area contributed by atoms with Gasteiger partial charge in [-0.3, -0.25) is 9.48 Å². The highest BCUT2D eigenvalue weighted by molar-refractivity contribution is 5.96. The van der Waals surface area contributed by atoms with Crippen LogP contribution in [-0.4, -0.2) is 45.8 Å². The Morgan fingerprint density at radius 2 is 2.15 bits per heavy atom. The van der Waals surface area contributed by atoms with Gasteiger partial charge >= 0.3 is 0 Å². The van der Waals surface area contributed by atoms with Crippen molar-refractivity contribution in [1.29, 1.82) is 0 Å². The maximum atomic E-state index is 13.0. The molecule has 1 aliphatic carbocycles. The smallest absolute Gasteiger partial charge is 0.259 e. The summed E-state index contributed by atoms with van der Waals surface area (Å²) in [5.74, 6) is 1.20. The van der Waals surface area contributed by atoms with Crippen molar-refractivity contribution in [3.8, 4) is 5.88 Å². The lowest BCUT2D eigenvalue weighted by Gasteiger charge is -2.32. The van der Waals surface area contributed by atoms with Crippen LogP contribution in [0.1, 0.15) is 47.3 Å². The van der Waals surface area contributed by atoms with Gasteiger partial charge in [-0.25, -0.2) is 4.98 Å². The molecule has 3 heterocycles. The van der Waals surface area contributed by atoms with Gasteiger partial charge in [0.15, 0.2) is 0 Å². The molecule has 6 nitrogen and oxygen atoms in total. The summed E-state index contributed by atoms with van der Waals surface area (Å²) in [4.78, 5) is 19.6. The van der Waals surface area contributed by atoms with E-state index in [0.717, 1.165) is 63.9 Å². The fraction of sp³-hybridized carbons (Fsp3) is 0.550. The highest BCUT2D eigenvalue weighted by atomic mass is 16.5. The van der Waals surface area contributed by atoms with E-state index in [4.69, 9.17) is 4.74 Å². The summed E-state index contributed by atoms with van der Waals surface area (Å²) in [6.45, 7) is 2.57. The second kappa shape index (κ2) is 7.48. The second-order valence-electron chi connectivity index (χ2n) is 7.30. The highest BCUT2D eigenvalue weighted by Crippen LogP contribution is 2.29. The van der Waals surface area contributed by atoms with Gasteiger partial charge in [-0.05, 0) is 62.1 Å². The minimum absolute atomic E-state index is 0.0644. The number of ether oxygens (including phenoxy) is 1. The van der Waals surface area contributed by atoms with Gasteiger partial charge < -0.3 is 9.64 Å². The normalized spacial score (nSPS) is 17.3. The van der Waals surface area contributed by atoms with E-state index in [-0.39, 0.29) is 5.91 Å². The van der Waals surface area contributed by atoms with Crippen molar-refractivity contribution in [2.45, 2.75) is 45.1 Å². The fourth-order valence-corrected chi connectivity index (χ4v) is 4.10. The molecule has 0 unspecified atom stereocenters. The zero-order valence-electron chi connectivity index (χ0n) is 15.4. The van der Waals surface area contributed by atoms with E-state index in [9.17, 15) is 4.79 Å². The summed E-state index contributed by atoms with van der Waals surface area (Å²) in [5.41, 5.74) is 2.93. The Hall–Kier alpha value is -2.37. The van der Waals surface area contributed by atoms with Gasteiger partial charge in [-0.1, -0.05) is 0 Å². The van der Waals surface area contributed by atoms with Crippen molar-refractivity contribution >= 4 is 5.91 Å². The van der Waals surface area contributed by atoms with E-state index in [1.165, 1.54) is 5.56 Å². The van der Waals surface area contributed by atoms with Crippen LogP contribution in [0, 0.1) is 5.92 Å². The van der Waals surface area contributed by atoms with Crippen LogP contribution in [0.5, 0.6) is 5.88 Å². The summed E-state index contributed by atoms with van der Waals surface area (Å²) < 4.78 is 7.40. The number of methoxy groups -OCH3 is 1. The third-order valence-corrected chi connectivity index (χ3v) is 5.67. The molecule has 0 aromatic carbocycles. The van der Waals surface area contributed by atoms with E-state index in [2.05, 4.69) is 10.1 Å². The summed E-state index contributed by atoms with van der Waals surface area (Å²) in [6.07, 6.45) is 10.2. The lowest BCUT2D eigenvalue weighted by Crippen LogP contribution is -2.39. The van der Waals surface area contributed by atoms with E-state index < -0.39 is 0 Å². The summed E-state index contributed by atoms with van der Waals surface area (Å²) in [7, 11) is 1.60. The lowest BCUT2D eigenvalue weighted by molar-refractivity contribution is 0.0680. The third-order valence-electron chi connectivity index (χ3n) is 5.67. The average Bonchev–Trinajstić information content (AvgIpc) is 3.36. The fourth-order valence-electron chi connectivity index (χ4n) is 4.10. The first-order valence-corrected chi connectivity index (χ1v) is 9.58. The average molecular weight is 354 g/mol. The molecule has 138 valence electrons. The minimum atomic E-state index is 0.0644. The van der Waals surface area contributed by atoms with Gasteiger partial charge in [-0.2, -0.15) is 5.10 Å². The van der Waals surface area contributed by atoms with Gasteiger partial charge in [0.05, 0.1) is 7.11 Å². The van der Waals surface area contributed by atoms with E-state index in [0.29, 0.717) is 17.4 Å². The number of aryl methyl sites for hydroxylation is 3. The van der Waals surface area contributed by atoms with E-state index >= 15 is 0 Å². The molecule has 2 aromatic heterocycles. The summed E-state index contributed by atoms with van der Waals surface area (Å²) in [5, 5.41) is 4.26. The molecule has 6 heteroatoms. The van der Waals surface area contributed by atoms with Gasteiger partial charge in [0.1, 0.15) is 5.56 Å². The van der Waals surface area contributed by atoms with Crippen molar-refractivity contribution in [3.63, 3.8) is 0 Å². The monoisotopic (exact) mass is 354 g/mol. The Labute approximate surface area is 154 Å². The maximum Gasteiger partial charge on any atom is 0.259 e. The van der Waals surface area contributed by atoms with E-state index in [1.807, 2.05) is 34.1 Å². The Kier molecular flexibility index (Phi) is 4.91. The Balaban J connectivity index is 1.38. The number of piperidine rings is 1. The number of carbonyl (C=O) groups is 1. The molecule has 4 rings (SSSR count). The van der Waals surface area contributed by atoms with Crippen molar-refractivity contribution < 1.29 is 9.53 Å². The number of fused-ring (bicyclic) bond motifs is 1. The third kappa shape index (κ3) is 3.45. The standard InChI is InChI=1S/C20H26N4O2/c1-26-19-17(14-16-4-2-5-18(16)22-19)20(25)23-11-6-15(7-12-23)8-13-24-10-3-9-21-24/h3,9-10,14-15H,2,4-8,11-13H2,1H3. The van der Waals surface area contributed by atoms with Crippen LogP contribution in [0.15, 0.2) is 24.5 Å². The summed E-state index contributed by atoms with van der Waals surface area (Å²) >= 11 is 0. The molecule has 26 heavy (non-hydrogen) atoms. The molecular formula is C20H26N4O2. The molecule has 1 amide bonds. The number of pyridine rings is 1. The topological polar surface area (TPSA) is 60.2 Å². The zero-order chi connectivity index (χ0) is 17.9. The number of rotatable bonds is 5. The van der Waals surface area contributed by atoms with Crippen molar-refractivity contribution in [1.82, 2.24) is 19.7 Å². The van der Waals surface area contributed by atoms with Crippen LogP contribution >= 0.6 is 0 Å². The first-order chi connectivity index (χ1) is 12.7. The predicted molar refractivity (Wildman–Crippen MR) is 98.3 cm³/mol. The van der Waals surface area contributed by atoms with Crippen LogP contribution in [0.3, 0.4) is 0 Å². The number of hydrogen-bond donors (Lipinski definition) is 0.